The topological polar surface area (TPSA) is 107 Å². The van der Waals surface area contributed by atoms with Gasteiger partial charge in [0.25, 0.3) is 0 Å². The molecule has 5 rings (SSSR count). The summed E-state index contributed by atoms with van der Waals surface area (Å²) in [6.07, 6.45) is -0.793. The maximum Gasteiger partial charge on any atom is 0.412 e. The van der Waals surface area contributed by atoms with Crippen LogP contribution in [-0.4, -0.2) is 73.1 Å². The summed E-state index contributed by atoms with van der Waals surface area (Å²) >= 11 is 0. The number of anilines is 1. The van der Waals surface area contributed by atoms with Crippen molar-refractivity contribution in [3.8, 4) is 0 Å². The second kappa shape index (κ2) is 9.09. The van der Waals surface area contributed by atoms with E-state index in [2.05, 4.69) is 26.1 Å². The lowest BCUT2D eigenvalue weighted by Crippen LogP contribution is -2.49. The standard InChI is InChI=1S/C29H38N2O7/c1-14-10-9-11-17(28(3,4)5)21(14)30-27(34)37-23-22(31(7)8)16-12-18(35-26(16)33)20-15(2)25(32)36-19(20)13-29(6)24(23)38-29/h9-12,15,18-20,22-24H,13H2,1-8H3,(H,30,34). The van der Waals surface area contributed by atoms with E-state index in [1.807, 2.05) is 58.0 Å². The van der Waals surface area contributed by atoms with Crippen LogP contribution in [0.3, 0.4) is 0 Å². The summed E-state index contributed by atoms with van der Waals surface area (Å²) in [6, 6.07) is 5.31. The summed E-state index contributed by atoms with van der Waals surface area (Å²) in [4.78, 5) is 40.9. The molecule has 2 saturated heterocycles. The summed E-state index contributed by atoms with van der Waals surface area (Å²) in [5.41, 5.74) is 2.13. The number of para-hydroxylation sites is 1. The third-order valence-electron chi connectivity index (χ3n) is 8.43. The monoisotopic (exact) mass is 526 g/mol. The quantitative estimate of drug-likeness (QED) is 0.361. The number of aryl methyl sites for hydroxylation is 1. The molecule has 0 spiro atoms. The Kier molecular flexibility index (Phi) is 6.38. The van der Waals surface area contributed by atoms with Crippen LogP contribution in [0.2, 0.25) is 0 Å². The molecule has 9 nitrogen and oxygen atoms in total. The number of fused-ring (bicyclic) bond motifs is 4. The fourth-order valence-corrected chi connectivity index (χ4v) is 6.36. The van der Waals surface area contributed by atoms with Gasteiger partial charge in [-0.1, -0.05) is 45.9 Å². The number of ether oxygens (including phenoxy) is 4. The van der Waals surface area contributed by atoms with E-state index in [4.69, 9.17) is 18.9 Å². The number of rotatable bonds is 3. The number of hydrogen-bond donors (Lipinski definition) is 1. The molecule has 1 amide bonds. The normalized spacial score (nSPS) is 36.0. The van der Waals surface area contributed by atoms with Gasteiger partial charge in [-0.3, -0.25) is 15.0 Å². The number of amides is 1. The Hall–Kier alpha value is -2.91. The molecule has 2 bridgehead atoms. The number of epoxide rings is 1. The number of esters is 2. The Labute approximate surface area is 223 Å². The van der Waals surface area contributed by atoms with Gasteiger partial charge in [0.05, 0.1) is 28.8 Å². The Morgan fingerprint density at radius 1 is 1.18 bits per heavy atom. The minimum atomic E-state index is -0.805. The van der Waals surface area contributed by atoms with Gasteiger partial charge in [-0.15, -0.1) is 0 Å². The Morgan fingerprint density at radius 3 is 2.55 bits per heavy atom. The molecular weight excluding hydrogens is 488 g/mol. The molecule has 8 unspecified atom stereocenters. The lowest BCUT2D eigenvalue weighted by Gasteiger charge is -2.32. The highest BCUT2D eigenvalue weighted by molar-refractivity contribution is 5.93. The largest absolute Gasteiger partial charge is 0.462 e. The van der Waals surface area contributed by atoms with E-state index in [1.54, 1.807) is 6.08 Å². The van der Waals surface area contributed by atoms with Crippen molar-refractivity contribution in [3.63, 3.8) is 0 Å². The molecule has 4 aliphatic rings. The zero-order valence-corrected chi connectivity index (χ0v) is 23.4. The molecule has 1 aliphatic carbocycles. The minimum Gasteiger partial charge on any atom is -0.462 e. The number of carbonyl (C=O) groups is 3. The lowest BCUT2D eigenvalue weighted by molar-refractivity contribution is -0.144. The molecule has 2 fully saturated rings. The van der Waals surface area contributed by atoms with Crippen molar-refractivity contribution >= 4 is 23.7 Å². The number of hydrogen-bond acceptors (Lipinski definition) is 8. The van der Waals surface area contributed by atoms with Gasteiger partial charge in [-0.2, -0.15) is 0 Å². The molecule has 206 valence electrons. The summed E-state index contributed by atoms with van der Waals surface area (Å²) in [5.74, 6) is -1.49. The van der Waals surface area contributed by atoms with Gasteiger partial charge in [-0.25, -0.2) is 9.59 Å². The van der Waals surface area contributed by atoms with Crippen molar-refractivity contribution in [3.05, 3.63) is 41.0 Å². The number of likely N-dealkylation sites (N-methyl/N-ethyl adjacent to an activating group) is 1. The molecular formula is C29H38N2O7. The molecule has 1 N–H and O–H groups in total. The molecule has 9 heteroatoms. The van der Waals surface area contributed by atoms with Gasteiger partial charge in [0.15, 0.2) is 6.10 Å². The number of carbonyl (C=O) groups excluding carboxylic acids is 3. The van der Waals surface area contributed by atoms with E-state index in [0.717, 1.165) is 11.1 Å². The second-order valence-corrected chi connectivity index (χ2v) is 12.5. The Balaban J connectivity index is 1.49. The first kappa shape index (κ1) is 26.7. The third-order valence-corrected chi connectivity index (χ3v) is 8.43. The van der Waals surface area contributed by atoms with Gasteiger partial charge in [-0.05, 0) is 50.6 Å². The first-order valence-electron chi connectivity index (χ1n) is 13.3. The zero-order valence-electron chi connectivity index (χ0n) is 23.4. The highest BCUT2D eigenvalue weighted by atomic mass is 16.7. The summed E-state index contributed by atoms with van der Waals surface area (Å²) < 4.78 is 23.8. The highest BCUT2D eigenvalue weighted by Crippen LogP contribution is 2.51. The average Bonchev–Trinajstić information content (AvgIpc) is 3.20. The number of benzene rings is 1. The van der Waals surface area contributed by atoms with E-state index in [-0.39, 0.29) is 17.3 Å². The minimum absolute atomic E-state index is 0.199. The van der Waals surface area contributed by atoms with Crippen LogP contribution in [-0.2, 0) is 34.0 Å². The Morgan fingerprint density at radius 2 is 1.89 bits per heavy atom. The van der Waals surface area contributed by atoms with Crippen LogP contribution in [0.15, 0.2) is 29.8 Å². The molecule has 3 aliphatic heterocycles. The second-order valence-electron chi connectivity index (χ2n) is 12.5. The van der Waals surface area contributed by atoms with Crippen molar-refractivity contribution in [2.45, 2.75) is 89.4 Å². The van der Waals surface area contributed by atoms with E-state index >= 15 is 0 Å². The molecule has 38 heavy (non-hydrogen) atoms. The van der Waals surface area contributed by atoms with Crippen LogP contribution in [0.4, 0.5) is 10.5 Å². The molecule has 1 aromatic rings. The van der Waals surface area contributed by atoms with E-state index in [9.17, 15) is 14.4 Å². The molecule has 8 atom stereocenters. The van der Waals surface area contributed by atoms with Crippen molar-refractivity contribution in [1.29, 1.82) is 0 Å². The molecule has 0 aromatic heterocycles. The van der Waals surface area contributed by atoms with E-state index in [0.29, 0.717) is 17.7 Å². The van der Waals surface area contributed by atoms with Crippen LogP contribution < -0.4 is 5.32 Å². The van der Waals surface area contributed by atoms with E-state index in [1.165, 1.54) is 0 Å². The Bertz CT molecular complexity index is 1200. The number of nitrogens with one attached hydrogen (secondary N) is 1. The van der Waals surface area contributed by atoms with Crippen LogP contribution in [0, 0.1) is 18.8 Å². The molecule has 0 radical (unpaired) electrons. The first-order valence-corrected chi connectivity index (χ1v) is 13.3. The summed E-state index contributed by atoms with van der Waals surface area (Å²) in [7, 11) is 3.66. The van der Waals surface area contributed by atoms with Crippen molar-refractivity contribution in [2.75, 3.05) is 19.4 Å². The van der Waals surface area contributed by atoms with Gasteiger partial charge >= 0.3 is 18.0 Å². The predicted octanol–water partition coefficient (Wildman–Crippen LogP) is 3.73. The zero-order chi connectivity index (χ0) is 27.7. The lowest BCUT2D eigenvalue weighted by atomic mass is 9.79. The van der Waals surface area contributed by atoms with E-state index < -0.39 is 54.0 Å². The molecule has 1 aromatic carbocycles. The van der Waals surface area contributed by atoms with Crippen LogP contribution in [0.1, 0.15) is 52.2 Å². The fraction of sp³-hybridized carbons (Fsp3) is 0.621. The molecule has 3 heterocycles. The first-order chi connectivity index (χ1) is 17.7. The average molecular weight is 527 g/mol. The SMILES string of the molecule is Cc1cccc(C(C)(C)C)c1NC(=O)OC1C(N(C)C)C2=CC(OC2=O)C2C(CC3(C)OC13)OC(=O)C2C. The summed E-state index contributed by atoms with van der Waals surface area (Å²) in [5, 5.41) is 2.97. The van der Waals surface area contributed by atoms with Crippen molar-refractivity contribution in [2.24, 2.45) is 11.8 Å². The summed E-state index contributed by atoms with van der Waals surface area (Å²) in [6.45, 7) is 11.9. The van der Waals surface area contributed by atoms with Crippen LogP contribution in [0.25, 0.3) is 0 Å². The molecule has 0 saturated carbocycles. The van der Waals surface area contributed by atoms with Crippen LogP contribution in [0.5, 0.6) is 0 Å². The van der Waals surface area contributed by atoms with Crippen LogP contribution >= 0.6 is 0 Å². The maximum atomic E-state index is 13.4. The van der Waals surface area contributed by atoms with Gasteiger partial charge in [0, 0.05) is 12.3 Å². The van der Waals surface area contributed by atoms with Gasteiger partial charge in [0.2, 0.25) is 0 Å². The highest BCUT2D eigenvalue weighted by Gasteiger charge is 2.65. The van der Waals surface area contributed by atoms with Crippen molar-refractivity contribution < 1.29 is 33.3 Å². The fourth-order valence-electron chi connectivity index (χ4n) is 6.36. The van der Waals surface area contributed by atoms with Crippen molar-refractivity contribution in [1.82, 2.24) is 4.90 Å². The third kappa shape index (κ3) is 4.49. The smallest absolute Gasteiger partial charge is 0.412 e. The van der Waals surface area contributed by atoms with Gasteiger partial charge < -0.3 is 18.9 Å². The predicted molar refractivity (Wildman–Crippen MR) is 140 cm³/mol. The maximum absolute atomic E-state index is 13.4. The van der Waals surface area contributed by atoms with Gasteiger partial charge in [0.1, 0.15) is 18.3 Å². The number of nitrogens with zero attached hydrogens (tertiary/aromatic N) is 1.